The number of hydrogen-bond donors (Lipinski definition) is 0. The van der Waals surface area contributed by atoms with Crippen molar-refractivity contribution in [3.8, 4) is 10.6 Å². The van der Waals surface area contributed by atoms with Crippen molar-refractivity contribution in [3.05, 3.63) is 40.9 Å². The standard InChI is InChI=1S/C13H15NO2S/c1-9-6-4-5-7-10(9)12-14-11(8-17-12)13(15-2)16-3/h4-8,13H,1-3H3. The molecule has 0 saturated heterocycles. The van der Waals surface area contributed by atoms with Crippen LogP contribution in [-0.4, -0.2) is 19.2 Å². The van der Waals surface area contributed by atoms with Crippen molar-refractivity contribution in [1.29, 1.82) is 0 Å². The number of hydrogen-bond acceptors (Lipinski definition) is 4. The van der Waals surface area contributed by atoms with E-state index in [0.717, 1.165) is 16.3 Å². The lowest BCUT2D eigenvalue weighted by atomic mass is 10.1. The highest BCUT2D eigenvalue weighted by Gasteiger charge is 2.14. The minimum absolute atomic E-state index is 0.385. The molecule has 1 heterocycles. The van der Waals surface area contributed by atoms with E-state index in [1.165, 1.54) is 5.56 Å². The SMILES string of the molecule is COC(OC)c1csc(-c2ccccc2C)n1. The molecule has 0 bridgehead atoms. The van der Waals surface area contributed by atoms with Crippen LogP contribution in [0, 0.1) is 6.92 Å². The Hall–Kier alpha value is -1.23. The summed E-state index contributed by atoms with van der Waals surface area (Å²) in [5.74, 6) is 0. The topological polar surface area (TPSA) is 31.4 Å². The Bertz CT molecular complexity index is 492. The van der Waals surface area contributed by atoms with Gasteiger partial charge >= 0.3 is 0 Å². The Morgan fingerprint density at radius 3 is 2.53 bits per heavy atom. The maximum absolute atomic E-state index is 5.19. The second kappa shape index (κ2) is 5.40. The molecule has 0 atom stereocenters. The quantitative estimate of drug-likeness (QED) is 0.778. The van der Waals surface area contributed by atoms with E-state index in [4.69, 9.17) is 9.47 Å². The first kappa shape index (κ1) is 12.2. The molecule has 17 heavy (non-hydrogen) atoms. The third-order valence-electron chi connectivity index (χ3n) is 2.57. The van der Waals surface area contributed by atoms with Crippen molar-refractivity contribution < 1.29 is 9.47 Å². The first-order valence-corrected chi connectivity index (χ1v) is 6.21. The van der Waals surface area contributed by atoms with Crippen LogP contribution < -0.4 is 0 Å². The first-order valence-electron chi connectivity index (χ1n) is 5.33. The molecule has 0 amide bonds. The van der Waals surface area contributed by atoms with Gasteiger partial charge < -0.3 is 9.47 Å². The van der Waals surface area contributed by atoms with Gasteiger partial charge in [0.25, 0.3) is 0 Å². The minimum Gasteiger partial charge on any atom is -0.350 e. The predicted molar refractivity (Wildman–Crippen MR) is 69.0 cm³/mol. The predicted octanol–water partition coefficient (Wildman–Crippen LogP) is 3.41. The Labute approximate surface area is 105 Å². The van der Waals surface area contributed by atoms with Crippen molar-refractivity contribution in [2.45, 2.75) is 13.2 Å². The van der Waals surface area contributed by atoms with E-state index < -0.39 is 0 Å². The molecule has 0 aliphatic rings. The summed E-state index contributed by atoms with van der Waals surface area (Å²) in [6.45, 7) is 2.08. The highest BCUT2D eigenvalue weighted by Crippen LogP contribution is 2.29. The number of aromatic nitrogens is 1. The molecule has 1 aromatic carbocycles. The lowest BCUT2D eigenvalue weighted by Crippen LogP contribution is -2.03. The van der Waals surface area contributed by atoms with Gasteiger partial charge in [-0.15, -0.1) is 11.3 Å². The zero-order valence-corrected chi connectivity index (χ0v) is 11.0. The summed E-state index contributed by atoms with van der Waals surface area (Å²) in [5, 5.41) is 2.97. The molecule has 2 aromatic rings. The van der Waals surface area contributed by atoms with Crippen LogP contribution in [0.4, 0.5) is 0 Å². The molecule has 2 rings (SSSR count). The molecule has 1 aromatic heterocycles. The smallest absolute Gasteiger partial charge is 0.201 e. The molecule has 0 aliphatic heterocycles. The van der Waals surface area contributed by atoms with Crippen molar-refractivity contribution >= 4 is 11.3 Å². The number of methoxy groups -OCH3 is 2. The van der Waals surface area contributed by atoms with Gasteiger partial charge in [0.15, 0.2) is 0 Å². The van der Waals surface area contributed by atoms with Crippen LogP contribution in [-0.2, 0) is 9.47 Å². The average Bonchev–Trinajstić information content (AvgIpc) is 2.81. The normalized spacial score (nSPS) is 11.1. The lowest BCUT2D eigenvalue weighted by Gasteiger charge is -2.09. The fourth-order valence-corrected chi connectivity index (χ4v) is 2.58. The Kier molecular flexibility index (Phi) is 3.89. The van der Waals surface area contributed by atoms with Gasteiger partial charge in [-0.1, -0.05) is 24.3 Å². The van der Waals surface area contributed by atoms with E-state index >= 15 is 0 Å². The summed E-state index contributed by atoms with van der Waals surface area (Å²) in [7, 11) is 3.22. The third-order valence-corrected chi connectivity index (χ3v) is 3.46. The van der Waals surface area contributed by atoms with Crippen molar-refractivity contribution in [1.82, 2.24) is 4.98 Å². The summed E-state index contributed by atoms with van der Waals surface area (Å²) >= 11 is 1.60. The molecule has 3 nitrogen and oxygen atoms in total. The maximum atomic E-state index is 5.19. The summed E-state index contributed by atoms with van der Waals surface area (Å²) in [5.41, 5.74) is 3.20. The molecule has 0 saturated carbocycles. The summed E-state index contributed by atoms with van der Waals surface area (Å²) in [6.07, 6.45) is -0.385. The largest absolute Gasteiger partial charge is 0.350 e. The van der Waals surface area contributed by atoms with Gasteiger partial charge in [0.1, 0.15) is 10.7 Å². The molecule has 0 radical (unpaired) electrons. The maximum Gasteiger partial charge on any atom is 0.201 e. The van der Waals surface area contributed by atoms with E-state index in [0.29, 0.717) is 0 Å². The monoisotopic (exact) mass is 249 g/mol. The van der Waals surface area contributed by atoms with E-state index in [9.17, 15) is 0 Å². The molecule has 0 spiro atoms. The van der Waals surface area contributed by atoms with Gasteiger partial charge in [0, 0.05) is 25.2 Å². The van der Waals surface area contributed by atoms with Crippen molar-refractivity contribution in [2.24, 2.45) is 0 Å². The minimum atomic E-state index is -0.385. The van der Waals surface area contributed by atoms with Crippen molar-refractivity contribution in [2.75, 3.05) is 14.2 Å². The third kappa shape index (κ3) is 2.54. The van der Waals surface area contributed by atoms with Gasteiger partial charge in [0.05, 0.1) is 0 Å². The fraction of sp³-hybridized carbons (Fsp3) is 0.308. The summed E-state index contributed by atoms with van der Waals surface area (Å²) in [6, 6.07) is 8.21. The van der Waals surface area contributed by atoms with E-state index in [1.807, 2.05) is 17.5 Å². The van der Waals surface area contributed by atoms with Gasteiger partial charge in [0.2, 0.25) is 6.29 Å². The van der Waals surface area contributed by atoms with Crippen LogP contribution in [0.15, 0.2) is 29.6 Å². The first-order chi connectivity index (χ1) is 8.26. The van der Waals surface area contributed by atoms with Gasteiger partial charge in [-0.25, -0.2) is 4.98 Å². The van der Waals surface area contributed by atoms with Gasteiger partial charge in [-0.3, -0.25) is 0 Å². The second-order valence-corrected chi connectivity index (χ2v) is 4.55. The second-order valence-electron chi connectivity index (χ2n) is 3.70. The van der Waals surface area contributed by atoms with Crippen LogP contribution in [0.5, 0.6) is 0 Å². The highest BCUT2D eigenvalue weighted by atomic mass is 32.1. The van der Waals surface area contributed by atoms with Crippen LogP contribution >= 0.6 is 11.3 Å². The van der Waals surface area contributed by atoms with Crippen molar-refractivity contribution in [3.63, 3.8) is 0 Å². The number of thiazole rings is 1. The molecule has 0 unspecified atom stereocenters. The van der Waals surface area contributed by atoms with E-state index in [1.54, 1.807) is 25.6 Å². The van der Waals surface area contributed by atoms with Gasteiger partial charge in [-0.05, 0) is 12.5 Å². The summed E-state index contributed by atoms with van der Waals surface area (Å²) < 4.78 is 10.4. The summed E-state index contributed by atoms with van der Waals surface area (Å²) in [4.78, 5) is 4.55. The van der Waals surface area contributed by atoms with Crippen LogP contribution in [0.2, 0.25) is 0 Å². The van der Waals surface area contributed by atoms with E-state index in [2.05, 4.69) is 24.0 Å². The molecule has 0 fully saturated rings. The molecule has 90 valence electrons. The number of ether oxygens (including phenoxy) is 2. The Balaban J connectivity index is 2.33. The van der Waals surface area contributed by atoms with Crippen LogP contribution in [0.3, 0.4) is 0 Å². The van der Waals surface area contributed by atoms with Crippen LogP contribution in [0.1, 0.15) is 17.5 Å². The number of benzene rings is 1. The number of rotatable bonds is 4. The zero-order chi connectivity index (χ0) is 12.3. The molecular formula is C13H15NO2S. The number of aryl methyl sites for hydroxylation is 1. The zero-order valence-electron chi connectivity index (χ0n) is 10.1. The Morgan fingerprint density at radius 1 is 1.18 bits per heavy atom. The average molecular weight is 249 g/mol. The molecular weight excluding hydrogens is 234 g/mol. The van der Waals surface area contributed by atoms with E-state index in [-0.39, 0.29) is 6.29 Å². The molecule has 0 aliphatic carbocycles. The Morgan fingerprint density at radius 2 is 1.88 bits per heavy atom. The molecule has 4 heteroatoms. The molecule has 0 N–H and O–H groups in total. The number of nitrogens with zero attached hydrogens (tertiary/aromatic N) is 1. The lowest BCUT2D eigenvalue weighted by molar-refractivity contribution is -0.108. The van der Waals surface area contributed by atoms with Gasteiger partial charge in [-0.2, -0.15) is 0 Å². The van der Waals surface area contributed by atoms with Crippen LogP contribution in [0.25, 0.3) is 10.6 Å². The fourth-order valence-electron chi connectivity index (χ4n) is 1.67. The highest BCUT2D eigenvalue weighted by molar-refractivity contribution is 7.13.